The molecule has 116 valence electrons. The third-order valence-electron chi connectivity index (χ3n) is 5.02. The van der Waals surface area contributed by atoms with Gasteiger partial charge in [0.25, 0.3) is 0 Å². The number of aliphatic hydroxyl groups excluding tert-OH is 1. The number of carbonyl (C=O) groups excluding carboxylic acids is 1. The second-order valence-electron chi connectivity index (χ2n) is 6.78. The molecule has 0 aliphatic heterocycles. The lowest BCUT2D eigenvalue weighted by Gasteiger charge is -2.29. The molecule has 0 radical (unpaired) electrons. The van der Waals surface area contributed by atoms with Gasteiger partial charge in [0.2, 0.25) is 0 Å². The van der Waals surface area contributed by atoms with E-state index in [0.29, 0.717) is 12.3 Å². The molecule has 20 heavy (non-hydrogen) atoms. The number of ether oxygens (including phenoxy) is 1. The predicted molar refractivity (Wildman–Crippen MR) is 79.3 cm³/mol. The molecular formula is C17H30O3. The van der Waals surface area contributed by atoms with E-state index in [9.17, 15) is 9.90 Å². The lowest BCUT2D eigenvalue weighted by atomic mass is 9.83. The third-order valence-corrected chi connectivity index (χ3v) is 5.02. The standard InChI is InChI=1S/C17H30O3/c1-13(12-16(18)14-8-4-2-5-9-14)20-17(19)15-10-6-3-7-11-15/h13-16,18H,2-12H2,1H3/t13-,16+/m0/s1. The van der Waals surface area contributed by atoms with Crippen LogP contribution in [0.25, 0.3) is 0 Å². The van der Waals surface area contributed by atoms with Crippen LogP contribution in [0.1, 0.15) is 77.6 Å². The van der Waals surface area contributed by atoms with E-state index in [1.54, 1.807) is 0 Å². The fraction of sp³-hybridized carbons (Fsp3) is 0.941. The molecule has 2 saturated carbocycles. The molecule has 2 atom stereocenters. The van der Waals surface area contributed by atoms with Gasteiger partial charge >= 0.3 is 5.97 Å². The molecule has 2 rings (SSSR count). The van der Waals surface area contributed by atoms with E-state index >= 15 is 0 Å². The molecule has 0 aromatic rings. The van der Waals surface area contributed by atoms with Gasteiger partial charge in [0, 0.05) is 6.42 Å². The molecule has 0 heterocycles. The molecule has 0 unspecified atom stereocenters. The van der Waals surface area contributed by atoms with Crippen molar-refractivity contribution in [3.8, 4) is 0 Å². The Morgan fingerprint density at radius 2 is 1.60 bits per heavy atom. The number of hydrogen-bond acceptors (Lipinski definition) is 3. The molecule has 0 amide bonds. The molecule has 3 nitrogen and oxygen atoms in total. The number of rotatable bonds is 5. The summed E-state index contributed by atoms with van der Waals surface area (Å²) in [5.41, 5.74) is 0. The van der Waals surface area contributed by atoms with Gasteiger partial charge in [-0.3, -0.25) is 4.79 Å². The van der Waals surface area contributed by atoms with Gasteiger partial charge in [-0.05, 0) is 38.5 Å². The second-order valence-corrected chi connectivity index (χ2v) is 6.78. The normalized spacial score (nSPS) is 25.1. The smallest absolute Gasteiger partial charge is 0.309 e. The first-order valence-corrected chi connectivity index (χ1v) is 8.55. The Morgan fingerprint density at radius 3 is 2.20 bits per heavy atom. The predicted octanol–water partition coefficient (Wildman–Crippen LogP) is 3.83. The van der Waals surface area contributed by atoms with Gasteiger partial charge in [-0.15, -0.1) is 0 Å². The highest BCUT2D eigenvalue weighted by Gasteiger charge is 2.27. The summed E-state index contributed by atoms with van der Waals surface area (Å²) in [6, 6.07) is 0. The molecule has 2 aliphatic rings. The van der Waals surface area contributed by atoms with Gasteiger partial charge < -0.3 is 9.84 Å². The largest absolute Gasteiger partial charge is 0.462 e. The van der Waals surface area contributed by atoms with Crippen LogP contribution in [0.4, 0.5) is 0 Å². The van der Waals surface area contributed by atoms with Crippen molar-refractivity contribution < 1.29 is 14.6 Å². The van der Waals surface area contributed by atoms with Crippen molar-refractivity contribution in [2.45, 2.75) is 89.8 Å². The molecule has 0 aromatic carbocycles. The Morgan fingerprint density at radius 1 is 1.05 bits per heavy atom. The van der Waals surface area contributed by atoms with Crippen LogP contribution >= 0.6 is 0 Å². The van der Waals surface area contributed by atoms with E-state index in [1.165, 1.54) is 25.7 Å². The summed E-state index contributed by atoms with van der Waals surface area (Å²) in [7, 11) is 0. The van der Waals surface area contributed by atoms with E-state index in [1.807, 2.05) is 6.92 Å². The van der Waals surface area contributed by atoms with E-state index in [4.69, 9.17) is 4.74 Å². The van der Waals surface area contributed by atoms with E-state index in [-0.39, 0.29) is 24.1 Å². The van der Waals surface area contributed by atoms with Gasteiger partial charge in [-0.1, -0.05) is 38.5 Å². The van der Waals surface area contributed by atoms with Crippen LogP contribution in [0.5, 0.6) is 0 Å². The van der Waals surface area contributed by atoms with Gasteiger partial charge in [0.05, 0.1) is 12.0 Å². The summed E-state index contributed by atoms with van der Waals surface area (Å²) in [6.45, 7) is 1.92. The molecule has 1 N–H and O–H groups in total. The van der Waals surface area contributed by atoms with Gasteiger partial charge in [-0.2, -0.15) is 0 Å². The van der Waals surface area contributed by atoms with Crippen LogP contribution in [0.2, 0.25) is 0 Å². The molecule has 3 heteroatoms. The van der Waals surface area contributed by atoms with Crippen LogP contribution in [0.3, 0.4) is 0 Å². The highest BCUT2D eigenvalue weighted by molar-refractivity contribution is 5.72. The second kappa shape index (κ2) is 8.02. The monoisotopic (exact) mass is 282 g/mol. The Labute approximate surface area is 123 Å². The minimum absolute atomic E-state index is 0.0342. The highest BCUT2D eigenvalue weighted by Crippen LogP contribution is 2.29. The van der Waals surface area contributed by atoms with Crippen molar-refractivity contribution in [3.63, 3.8) is 0 Å². The van der Waals surface area contributed by atoms with Crippen LogP contribution in [-0.4, -0.2) is 23.3 Å². The fourth-order valence-corrected chi connectivity index (χ4v) is 3.73. The zero-order chi connectivity index (χ0) is 14.4. The van der Waals surface area contributed by atoms with Crippen molar-refractivity contribution >= 4 is 5.97 Å². The minimum Gasteiger partial charge on any atom is -0.462 e. The maximum Gasteiger partial charge on any atom is 0.309 e. The average Bonchev–Trinajstić information content (AvgIpc) is 2.49. The zero-order valence-electron chi connectivity index (χ0n) is 12.9. The van der Waals surface area contributed by atoms with Crippen LogP contribution in [0.15, 0.2) is 0 Å². The fourth-order valence-electron chi connectivity index (χ4n) is 3.73. The first kappa shape index (κ1) is 15.8. The highest BCUT2D eigenvalue weighted by atomic mass is 16.5. The summed E-state index contributed by atoms with van der Waals surface area (Å²) in [6.07, 6.45) is 11.7. The topological polar surface area (TPSA) is 46.5 Å². The lowest BCUT2D eigenvalue weighted by molar-refractivity contribution is -0.156. The Balaban J connectivity index is 1.70. The van der Waals surface area contributed by atoms with Crippen LogP contribution < -0.4 is 0 Å². The molecule has 0 aromatic heterocycles. The summed E-state index contributed by atoms with van der Waals surface area (Å²) in [5.74, 6) is 0.491. The number of aliphatic hydroxyl groups is 1. The van der Waals surface area contributed by atoms with E-state index in [0.717, 1.165) is 38.5 Å². The summed E-state index contributed by atoms with van der Waals surface area (Å²) >= 11 is 0. The maximum atomic E-state index is 12.1. The van der Waals surface area contributed by atoms with Crippen molar-refractivity contribution in [2.24, 2.45) is 11.8 Å². The SMILES string of the molecule is C[C@@H](C[C@@H](O)C1CCCCC1)OC(=O)C1CCCCC1. The quantitative estimate of drug-likeness (QED) is 0.780. The Kier molecular flexibility index (Phi) is 6.34. The van der Waals surface area contributed by atoms with Crippen molar-refractivity contribution in [2.75, 3.05) is 0 Å². The average molecular weight is 282 g/mol. The Hall–Kier alpha value is -0.570. The third kappa shape index (κ3) is 4.76. The maximum absolute atomic E-state index is 12.1. The summed E-state index contributed by atoms with van der Waals surface area (Å²) in [4.78, 5) is 12.1. The number of hydrogen-bond donors (Lipinski definition) is 1. The minimum atomic E-state index is -0.301. The molecule has 2 aliphatic carbocycles. The Bertz CT molecular complexity index is 291. The van der Waals surface area contributed by atoms with E-state index in [2.05, 4.69) is 0 Å². The van der Waals surface area contributed by atoms with Crippen LogP contribution in [0, 0.1) is 11.8 Å². The zero-order valence-corrected chi connectivity index (χ0v) is 12.9. The first-order valence-electron chi connectivity index (χ1n) is 8.55. The van der Waals surface area contributed by atoms with Crippen molar-refractivity contribution in [1.82, 2.24) is 0 Å². The van der Waals surface area contributed by atoms with Crippen molar-refractivity contribution in [1.29, 1.82) is 0 Å². The number of esters is 1. The van der Waals surface area contributed by atoms with Gasteiger partial charge in [0.15, 0.2) is 0 Å². The molecule has 0 saturated heterocycles. The van der Waals surface area contributed by atoms with Crippen molar-refractivity contribution in [3.05, 3.63) is 0 Å². The van der Waals surface area contributed by atoms with Gasteiger partial charge in [0.1, 0.15) is 6.10 Å². The summed E-state index contributed by atoms with van der Waals surface area (Å²) in [5, 5.41) is 10.3. The molecule has 2 fully saturated rings. The van der Waals surface area contributed by atoms with E-state index < -0.39 is 0 Å². The molecular weight excluding hydrogens is 252 g/mol. The summed E-state index contributed by atoms with van der Waals surface area (Å²) < 4.78 is 5.55. The molecule has 0 spiro atoms. The molecule has 0 bridgehead atoms. The number of carbonyl (C=O) groups is 1. The van der Waals surface area contributed by atoms with Gasteiger partial charge in [-0.25, -0.2) is 0 Å². The first-order chi connectivity index (χ1) is 9.66. The van der Waals surface area contributed by atoms with Crippen LogP contribution in [-0.2, 0) is 9.53 Å². The lowest BCUT2D eigenvalue weighted by Crippen LogP contribution is -2.30.